The molecule has 0 atom stereocenters. The van der Waals surface area contributed by atoms with Gasteiger partial charge in [-0.2, -0.15) is 0 Å². The predicted octanol–water partition coefficient (Wildman–Crippen LogP) is 3.29. The van der Waals surface area contributed by atoms with Gasteiger partial charge in [0.1, 0.15) is 0 Å². The number of nitrogens with zero attached hydrogens (tertiary/aromatic N) is 4. The Morgan fingerprint density at radius 2 is 1.16 bits per heavy atom. The van der Waals surface area contributed by atoms with E-state index in [-0.39, 0.29) is 0 Å². The van der Waals surface area contributed by atoms with Crippen molar-refractivity contribution in [2.75, 3.05) is 65.6 Å². The molecule has 0 aromatic heterocycles. The first-order valence-electron chi connectivity index (χ1n) is 13.7. The van der Waals surface area contributed by atoms with E-state index in [0.717, 1.165) is 25.3 Å². The van der Waals surface area contributed by atoms with Crippen molar-refractivity contribution in [2.24, 2.45) is 10.8 Å². The molecule has 0 aromatic rings. The number of ether oxygens (including phenoxy) is 1. The molecule has 5 saturated heterocycles. The summed E-state index contributed by atoms with van der Waals surface area (Å²) in [4.78, 5) is 11.1. The number of piperidine rings is 1. The van der Waals surface area contributed by atoms with E-state index in [1.807, 2.05) is 0 Å². The van der Waals surface area contributed by atoms with Crippen molar-refractivity contribution < 1.29 is 4.74 Å². The molecule has 0 bridgehead atoms. The van der Waals surface area contributed by atoms with Gasteiger partial charge in [0.2, 0.25) is 0 Å². The maximum atomic E-state index is 5.43. The van der Waals surface area contributed by atoms with Crippen molar-refractivity contribution in [3.8, 4) is 0 Å². The molecule has 6 aliphatic rings. The van der Waals surface area contributed by atoms with Gasteiger partial charge in [-0.15, -0.1) is 0 Å². The summed E-state index contributed by atoms with van der Waals surface area (Å²) in [5.74, 6) is 0. The van der Waals surface area contributed by atoms with Gasteiger partial charge >= 0.3 is 0 Å². The van der Waals surface area contributed by atoms with Gasteiger partial charge < -0.3 is 9.64 Å². The van der Waals surface area contributed by atoms with Gasteiger partial charge in [-0.1, -0.05) is 0 Å². The Kier molecular flexibility index (Phi) is 5.32. The molecule has 5 aliphatic heterocycles. The zero-order valence-corrected chi connectivity index (χ0v) is 21.4. The Balaban J connectivity index is 0.953. The van der Waals surface area contributed by atoms with Crippen LogP contribution in [0.5, 0.6) is 0 Å². The van der Waals surface area contributed by atoms with Crippen molar-refractivity contribution in [1.29, 1.82) is 0 Å². The zero-order chi connectivity index (χ0) is 22.2. The Morgan fingerprint density at radius 3 is 1.66 bits per heavy atom. The first kappa shape index (κ1) is 22.3. The van der Waals surface area contributed by atoms with Crippen molar-refractivity contribution >= 4 is 0 Å². The molecule has 5 nitrogen and oxygen atoms in total. The van der Waals surface area contributed by atoms with Crippen LogP contribution in [0.4, 0.5) is 0 Å². The van der Waals surface area contributed by atoms with Gasteiger partial charge in [0.25, 0.3) is 0 Å². The van der Waals surface area contributed by atoms with Crippen LogP contribution >= 0.6 is 0 Å². The maximum Gasteiger partial charge on any atom is 0.0645 e. The Hall–Kier alpha value is -0.200. The fourth-order valence-corrected chi connectivity index (χ4v) is 7.40. The molecule has 0 radical (unpaired) electrons. The molecular weight excluding hydrogens is 396 g/mol. The van der Waals surface area contributed by atoms with Crippen LogP contribution in [-0.2, 0) is 4.74 Å². The summed E-state index contributed by atoms with van der Waals surface area (Å²) in [6.07, 6.45) is 9.86. The van der Waals surface area contributed by atoms with E-state index in [9.17, 15) is 0 Å². The second-order valence-corrected chi connectivity index (χ2v) is 14.0. The lowest BCUT2D eigenvalue weighted by Crippen LogP contribution is -2.67. The first-order chi connectivity index (χ1) is 15.2. The van der Waals surface area contributed by atoms with Crippen LogP contribution in [-0.4, -0.2) is 108 Å². The van der Waals surface area contributed by atoms with Crippen LogP contribution in [0.15, 0.2) is 0 Å². The first-order valence-corrected chi connectivity index (χ1v) is 13.7. The zero-order valence-electron chi connectivity index (χ0n) is 21.4. The molecule has 0 N–H and O–H groups in total. The molecule has 5 heteroatoms. The molecule has 32 heavy (non-hydrogen) atoms. The Bertz CT molecular complexity index is 690. The minimum atomic E-state index is 0.327. The highest BCUT2D eigenvalue weighted by molar-refractivity contribution is 5.08. The molecule has 0 aromatic carbocycles. The standard InChI is InChI=1S/C27H48N4O/c1-24(2,30-18-26(19-30)9-12-28(13-10-26)22-5-6-22)7-8-25(3,4)31-20-27(21-31)11-14-29(17-27)23-15-32-16-23/h22-23H,5-21H2,1-4H3. The van der Waals surface area contributed by atoms with E-state index in [0.29, 0.717) is 21.9 Å². The summed E-state index contributed by atoms with van der Waals surface area (Å²) in [5, 5.41) is 0. The maximum absolute atomic E-state index is 5.43. The van der Waals surface area contributed by atoms with E-state index in [1.165, 1.54) is 97.3 Å². The number of rotatable bonds is 7. The molecule has 0 amide bonds. The molecule has 1 aliphatic carbocycles. The lowest BCUT2D eigenvalue weighted by Gasteiger charge is -2.60. The average Bonchev–Trinajstić information content (AvgIpc) is 3.42. The van der Waals surface area contributed by atoms with Gasteiger partial charge in [0, 0.05) is 55.3 Å². The molecule has 5 heterocycles. The second-order valence-electron chi connectivity index (χ2n) is 14.0. The van der Waals surface area contributed by atoms with Gasteiger partial charge in [0.15, 0.2) is 0 Å². The highest BCUT2D eigenvalue weighted by Gasteiger charge is 2.54. The van der Waals surface area contributed by atoms with E-state index in [4.69, 9.17) is 4.74 Å². The SMILES string of the molecule is CC(C)(CCC(C)(C)N1CC2(CCN(C3COC3)C2)C1)N1CC2(CCN(C3CC3)CC2)C1. The van der Waals surface area contributed by atoms with Gasteiger partial charge in [0.05, 0.1) is 19.3 Å². The normalized spacial score (nSPS) is 32.2. The van der Waals surface area contributed by atoms with E-state index >= 15 is 0 Å². The van der Waals surface area contributed by atoms with E-state index < -0.39 is 0 Å². The summed E-state index contributed by atoms with van der Waals surface area (Å²) in [6.45, 7) is 22.7. The van der Waals surface area contributed by atoms with E-state index in [1.54, 1.807) is 0 Å². The van der Waals surface area contributed by atoms with Crippen molar-refractivity contribution in [3.05, 3.63) is 0 Å². The van der Waals surface area contributed by atoms with Gasteiger partial charge in [-0.3, -0.25) is 14.7 Å². The van der Waals surface area contributed by atoms with Crippen LogP contribution in [0.2, 0.25) is 0 Å². The fraction of sp³-hybridized carbons (Fsp3) is 1.00. The minimum Gasteiger partial charge on any atom is -0.378 e. The highest BCUT2D eigenvalue weighted by atomic mass is 16.5. The summed E-state index contributed by atoms with van der Waals surface area (Å²) in [5.41, 5.74) is 1.91. The van der Waals surface area contributed by atoms with Crippen LogP contribution in [0.3, 0.4) is 0 Å². The Labute approximate surface area is 196 Å². The Morgan fingerprint density at radius 1 is 0.656 bits per heavy atom. The number of hydrogen-bond donors (Lipinski definition) is 0. The lowest BCUT2D eigenvalue weighted by atomic mass is 9.69. The fourth-order valence-electron chi connectivity index (χ4n) is 7.40. The quantitative estimate of drug-likeness (QED) is 0.599. The van der Waals surface area contributed by atoms with Gasteiger partial charge in [-0.05, 0) is 97.7 Å². The smallest absolute Gasteiger partial charge is 0.0645 e. The molecule has 1 saturated carbocycles. The summed E-state index contributed by atoms with van der Waals surface area (Å²) < 4.78 is 5.43. The topological polar surface area (TPSA) is 22.2 Å². The minimum absolute atomic E-state index is 0.327. The lowest BCUT2D eigenvalue weighted by molar-refractivity contribution is -0.109. The van der Waals surface area contributed by atoms with E-state index in [2.05, 4.69) is 47.3 Å². The third kappa shape index (κ3) is 3.98. The van der Waals surface area contributed by atoms with Crippen molar-refractivity contribution in [3.63, 3.8) is 0 Å². The van der Waals surface area contributed by atoms with Crippen molar-refractivity contribution in [1.82, 2.24) is 19.6 Å². The van der Waals surface area contributed by atoms with Crippen LogP contribution in [0, 0.1) is 10.8 Å². The van der Waals surface area contributed by atoms with Gasteiger partial charge in [-0.25, -0.2) is 0 Å². The number of hydrogen-bond acceptors (Lipinski definition) is 5. The second kappa shape index (κ2) is 7.65. The van der Waals surface area contributed by atoms with Crippen LogP contribution in [0.1, 0.15) is 72.6 Å². The summed E-state index contributed by atoms with van der Waals surface area (Å²) >= 11 is 0. The molecule has 0 unspecified atom stereocenters. The third-order valence-corrected chi connectivity index (χ3v) is 10.7. The monoisotopic (exact) mass is 444 g/mol. The molecule has 2 spiro atoms. The average molecular weight is 445 g/mol. The molecule has 6 fully saturated rings. The largest absolute Gasteiger partial charge is 0.378 e. The van der Waals surface area contributed by atoms with Crippen LogP contribution in [0.25, 0.3) is 0 Å². The molecule has 6 rings (SSSR count). The molecular formula is C27H48N4O. The number of likely N-dealkylation sites (tertiary alicyclic amines) is 4. The van der Waals surface area contributed by atoms with Crippen LogP contribution < -0.4 is 0 Å². The predicted molar refractivity (Wildman–Crippen MR) is 130 cm³/mol. The third-order valence-electron chi connectivity index (χ3n) is 10.7. The summed E-state index contributed by atoms with van der Waals surface area (Å²) in [6, 6.07) is 1.68. The summed E-state index contributed by atoms with van der Waals surface area (Å²) in [7, 11) is 0. The molecule has 182 valence electrons. The van der Waals surface area contributed by atoms with Crippen molar-refractivity contribution in [2.45, 2.75) is 95.8 Å². The highest BCUT2D eigenvalue weighted by Crippen LogP contribution is 2.48.